The zero-order chi connectivity index (χ0) is 16.0. The first kappa shape index (κ1) is 13.4. The van der Waals surface area contributed by atoms with Gasteiger partial charge in [-0.2, -0.15) is 0 Å². The van der Waals surface area contributed by atoms with Crippen LogP contribution in [0.3, 0.4) is 0 Å². The van der Waals surface area contributed by atoms with Crippen molar-refractivity contribution in [3.8, 4) is 11.1 Å². The number of rotatable bonds is 2. The second-order valence-electron chi connectivity index (χ2n) is 5.44. The first-order valence-electron chi connectivity index (χ1n) is 7.18. The molecule has 110 valence electrons. The zero-order valence-corrected chi connectivity index (χ0v) is 12.0. The Kier molecular flexibility index (Phi) is 2.84. The molecule has 0 bridgehead atoms. The minimum Gasteiger partial charge on any atom is -0.289 e. The van der Waals surface area contributed by atoms with Gasteiger partial charge in [-0.25, -0.2) is 0 Å². The number of hydrogen-bond donors (Lipinski definition) is 0. The molecule has 0 atom stereocenters. The van der Waals surface area contributed by atoms with E-state index in [4.69, 9.17) is 0 Å². The topological polar surface area (TPSA) is 60.2 Å². The highest BCUT2D eigenvalue weighted by Gasteiger charge is 2.17. The predicted octanol–water partition coefficient (Wildman–Crippen LogP) is 4.62. The molecule has 0 fully saturated rings. The summed E-state index contributed by atoms with van der Waals surface area (Å²) in [4.78, 5) is 22.7. The van der Waals surface area contributed by atoms with Crippen molar-refractivity contribution in [3.63, 3.8) is 0 Å². The molecule has 0 spiro atoms. The van der Waals surface area contributed by atoms with Crippen molar-refractivity contribution in [3.05, 3.63) is 81.9 Å². The molecule has 0 radical (unpaired) electrons. The molecule has 0 aromatic heterocycles. The number of nitro benzene ring substituents is 1. The Hall–Kier alpha value is -3.27. The van der Waals surface area contributed by atoms with Crippen molar-refractivity contribution in [1.29, 1.82) is 0 Å². The van der Waals surface area contributed by atoms with Gasteiger partial charge in [0.15, 0.2) is 5.78 Å². The van der Waals surface area contributed by atoms with Gasteiger partial charge in [0, 0.05) is 23.1 Å². The Bertz CT molecular complexity index is 1020. The molecule has 0 unspecified atom stereocenters. The highest BCUT2D eigenvalue weighted by Crippen LogP contribution is 2.36. The van der Waals surface area contributed by atoms with Crippen molar-refractivity contribution in [2.75, 3.05) is 0 Å². The third kappa shape index (κ3) is 2.04. The van der Waals surface area contributed by atoms with E-state index in [2.05, 4.69) is 0 Å². The van der Waals surface area contributed by atoms with Gasteiger partial charge in [0.2, 0.25) is 0 Å². The first-order chi connectivity index (χ1) is 11.1. The van der Waals surface area contributed by atoms with Crippen LogP contribution in [-0.2, 0) is 0 Å². The smallest absolute Gasteiger partial charge is 0.270 e. The van der Waals surface area contributed by atoms with Gasteiger partial charge in [-0.3, -0.25) is 14.9 Å². The summed E-state index contributed by atoms with van der Waals surface area (Å²) in [5, 5.41) is 12.8. The number of hydrogen-bond acceptors (Lipinski definition) is 3. The Labute approximate surface area is 131 Å². The fraction of sp³-hybridized carbons (Fsp3) is 0. The molecule has 0 saturated heterocycles. The molecule has 1 aliphatic carbocycles. The third-order valence-corrected chi connectivity index (χ3v) is 4.12. The van der Waals surface area contributed by atoms with Crippen LogP contribution in [0.4, 0.5) is 5.69 Å². The Morgan fingerprint density at radius 1 is 0.870 bits per heavy atom. The highest BCUT2D eigenvalue weighted by atomic mass is 16.6. The molecular weight excluding hydrogens is 290 g/mol. The average molecular weight is 301 g/mol. The summed E-state index contributed by atoms with van der Waals surface area (Å²) in [6.45, 7) is 0. The zero-order valence-electron chi connectivity index (χ0n) is 12.0. The lowest BCUT2D eigenvalue weighted by Gasteiger charge is -2.15. The predicted molar refractivity (Wildman–Crippen MR) is 89.4 cm³/mol. The van der Waals surface area contributed by atoms with Crippen LogP contribution in [0.5, 0.6) is 0 Å². The van der Waals surface area contributed by atoms with E-state index in [0.29, 0.717) is 5.56 Å². The van der Waals surface area contributed by atoms with Crippen molar-refractivity contribution in [2.24, 2.45) is 0 Å². The summed E-state index contributed by atoms with van der Waals surface area (Å²) < 4.78 is 0. The van der Waals surface area contributed by atoms with Gasteiger partial charge in [0.25, 0.3) is 5.69 Å². The van der Waals surface area contributed by atoms with E-state index < -0.39 is 4.92 Å². The van der Waals surface area contributed by atoms with Gasteiger partial charge in [-0.05, 0) is 34.2 Å². The van der Waals surface area contributed by atoms with Gasteiger partial charge >= 0.3 is 0 Å². The monoisotopic (exact) mass is 301 g/mol. The quantitative estimate of drug-likeness (QED) is 0.512. The van der Waals surface area contributed by atoms with Crippen LogP contribution in [0, 0.1) is 10.1 Å². The minimum absolute atomic E-state index is 0.0145. The fourth-order valence-electron chi connectivity index (χ4n) is 3.07. The van der Waals surface area contributed by atoms with Crippen LogP contribution in [0.2, 0.25) is 0 Å². The number of benzene rings is 3. The second-order valence-corrected chi connectivity index (χ2v) is 5.44. The van der Waals surface area contributed by atoms with Crippen LogP contribution < -0.4 is 0 Å². The first-order valence-corrected chi connectivity index (χ1v) is 7.18. The number of carbonyl (C=O) groups excluding carboxylic acids is 1. The standard InChI is InChI=1S/C19H11NO3/c21-18-10-7-12-3-2-6-16-15(8-9-17(18)19(12)16)13-4-1-5-14(11-13)20(22)23/h1-11H. The summed E-state index contributed by atoms with van der Waals surface area (Å²) in [6.07, 6.45) is 3.39. The molecule has 3 aromatic carbocycles. The number of ketones is 1. The van der Waals surface area contributed by atoms with E-state index in [1.807, 2.05) is 36.4 Å². The van der Waals surface area contributed by atoms with Crippen molar-refractivity contribution in [2.45, 2.75) is 0 Å². The second kappa shape index (κ2) is 4.88. The number of nitro groups is 1. The van der Waals surface area contributed by atoms with Crippen LogP contribution >= 0.6 is 0 Å². The van der Waals surface area contributed by atoms with E-state index in [0.717, 1.165) is 27.5 Å². The Morgan fingerprint density at radius 3 is 2.48 bits per heavy atom. The maximum atomic E-state index is 12.1. The molecule has 4 nitrogen and oxygen atoms in total. The van der Waals surface area contributed by atoms with E-state index in [-0.39, 0.29) is 11.5 Å². The third-order valence-electron chi connectivity index (χ3n) is 4.12. The molecular formula is C19H11NO3. The van der Waals surface area contributed by atoms with Crippen molar-refractivity contribution in [1.82, 2.24) is 0 Å². The Balaban J connectivity index is 2.04. The summed E-state index contributed by atoms with van der Waals surface area (Å²) in [5.41, 5.74) is 3.37. The largest absolute Gasteiger partial charge is 0.289 e. The molecule has 4 rings (SSSR count). The van der Waals surface area contributed by atoms with Gasteiger partial charge in [0.05, 0.1) is 4.92 Å². The van der Waals surface area contributed by atoms with E-state index >= 15 is 0 Å². The van der Waals surface area contributed by atoms with Crippen LogP contribution in [-0.4, -0.2) is 10.7 Å². The normalized spacial score (nSPS) is 12.6. The molecule has 0 N–H and O–H groups in total. The van der Waals surface area contributed by atoms with Gasteiger partial charge in [-0.15, -0.1) is 0 Å². The Morgan fingerprint density at radius 2 is 1.65 bits per heavy atom. The molecule has 1 aliphatic rings. The molecule has 23 heavy (non-hydrogen) atoms. The molecule has 4 heteroatoms. The van der Waals surface area contributed by atoms with Crippen molar-refractivity contribution < 1.29 is 9.72 Å². The lowest BCUT2D eigenvalue weighted by Crippen LogP contribution is -2.02. The van der Waals surface area contributed by atoms with Gasteiger partial charge in [0.1, 0.15) is 0 Å². The maximum Gasteiger partial charge on any atom is 0.270 e. The summed E-state index contributed by atoms with van der Waals surface area (Å²) in [7, 11) is 0. The van der Waals surface area contributed by atoms with Crippen LogP contribution in [0.15, 0.2) is 60.7 Å². The molecule has 3 aromatic rings. The lowest BCUT2D eigenvalue weighted by molar-refractivity contribution is -0.384. The van der Waals surface area contributed by atoms with E-state index in [1.165, 1.54) is 6.07 Å². The summed E-state index contributed by atoms with van der Waals surface area (Å²) in [5.74, 6) is -0.0145. The highest BCUT2D eigenvalue weighted by molar-refractivity contribution is 6.21. The molecule has 0 aliphatic heterocycles. The number of non-ortho nitro benzene ring substituents is 1. The van der Waals surface area contributed by atoms with E-state index in [1.54, 1.807) is 24.3 Å². The minimum atomic E-state index is -0.402. The van der Waals surface area contributed by atoms with Gasteiger partial charge in [-0.1, -0.05) is 42.5 Å². The average Bonchev–Trinajstić information content (AvgIpc) is 2.58. The number of carbonyl (C=O) groups is 1. The molecule has 0 heterocycles. The van der Waals surface area contributed by atoms with Crippen LogP contribution in [0.1, 0.15) is 15.9 Å². The molecule has 0 amide bonds. The molecule has 0 saturated carbocycles. The fourth-order valence-corrected chi connectivity index (χ4v) is 3.07. The number of nitrogens with zero attached hydrogens (tertiary/aromatic N) is 1. The van der Waals surface area contributed by atoms with Crippen LogP contribution in [0.25, 0.3) is 28.0 Å². The summed E-state index contributed by atoms with van der Waals surface area (Å²) >= 11 is 0. The van der Waals surface area contributed by atoms with E-state index in [9.17, 15) is 14.9 Å². The SMILES string of the molecule is O=C1C=Cc2cccc3c(-c4cccc([N+](=O)[O-])c4)ccc1c23. The lowest BCUT2D eigenvalue weighted by atomic mass is 9.88. The maximum absolute atomic E-state index is 12.1. The van der Waals surface area contributed by atoms with Crippen molar-refractivity contribution >= 4 is 28.3 Å². The summed E-state index contributed by atoms with van der Waals surface area (Å²) in [6, 6.07) is 16.1. The number of allylic oxidation sites excluding steroid dienone is 1. The van der Waals surface area contributed by atoms with Gasteiger partial charge < -0.3 is 0 Å².